The SMILES string of the molecule is Clc1ccc(Cc2nn3c(Cc4c[nH]c5ccccc45)c(-c4ccccc4)nc3s2)cc1. The van der Waals surface area contributed by atoms with Gasteiger partial charge in [0.2, 0.25) is 4.96 Å². The van der Waals surface area contributed by atoms with Crippen molar-refractivity contribution in [1.29, 1.82) is 0 Å². The Kier molecular flexibility index (Phi) is 4.78. The van der Waals surface area contributed by atoms with Gasteiger partial charge in [0, 0.05) is 40.5 Å². The van der Waals surface area contributed by atoms with Gasteiger partial charge in [-0.05, 0) is 29.3 Å². The van der Waals surface area contributed by atoms with Crippen molar-refractivity contribution < 1.29 is 0 Å². The van der Waals surface area contributed by atoms with Crippen LogP contribution in [0.25, 0.3) is 27.1 Å². The first-order valence-electron chi connectivity index (χ1n) is 10.5. The van der Waals surface area contributed by atoms with Crippen LogP contribution in [0.4, 0.5) is 0 Å². The van der Waals surface area contributed by atoms with Crippen molar-refractivity contribution in [2.24, 2.45) is 0 Å². The number of aromatic amines is 1. The van der Waals surface area contributed by atoms with E-state index in [-0.39, 0.29) is 0 Å². The van der Waals surface area contributed by atoms with E-state index in [2.05, 4.69) is 71.8 Å². The fourth-order valence-corrected chi connectivity index (χ4v) is 5.19. The lowest BCUT2D eigenvalue weighted by Crippen LogP contribution is -1.99. The summed E-state index contributed by atoms with van der Waals surface area (Å²) >= 11 is 7.68. The van der Waals surface area contributed by atoms with E-state index in [0.717, 1.165) is 50.3 Å². The molecule has 156 valence electrons. The minimum Gasteiger partial charge on any atom is -0.361 e. The molecule has 0 saturated carbocycles. The van der Waals surface area contributed by atoms with Crippen molar-refractivity contribution in [2.45, 2.75) is 12.8 Å². The Bertz CT molecular complexity index is 1530. The van der Waals surface area contributed by atoms with Gasteiger partial charge in [0.1, 0.15) is 5.01 Å². The second-order valence-corrected chi connectivity index (χ2v) is 9.28. The average Bonchev–Trinajstić information content (AvgIpc) is 3.50. The van der Waals surface area contributed by atoms with Gasteiger partial charge in [-0.2, -0.15) is 5.10 Å². The third-order valence-corrected chi connectivity index (χ3v) is 6.85. The van der Waals surface area contributed by atoms with E-state index in [4.69, 9.17) is 21.7 Å². The van der Waals surface area contributed by atoms with Crippen molar-refractivity contribution in [3.8, 4) is 11.3 Å². The molecule has 0 spiro atoms. The molecule has 0 aliphatic carbocycles. The molecule has 0 saturated heterocycles. The molecule has 1 N–H and O–H groups in total. The molecule has 0 atom stereocenters. The average molecular weight is 455 g/mol. The second-order valence-electron chi connectivity index (χ2n) is 7.80. The Labute approximate surface area is 194 Å². The third-order valence-electron chi connectivity index (χ3n) is 5.69. The number of hydrogen-bond acceptors (Lipinski definition) is 3. The lowest BCUT2D eigenvalue weighted by Gasteiger charge is -2.04. The van der Waals surface area contributed by atoms with Gasteiger partial charge in [0.25, 0.3) is 0 Å². The summed E-state index contributed by atoms with van der Waals surface area (Å²) in [6, 6.07) is 26.7. The van der Waals surface area contributed by atoms with E-state index in [1.807, 2.05) is 22.7 Å². The molecule has 0 aliphatic heterocycles. The second kappa shape index (κ2) is 7.93. The van der Waals surface area contributed by atoms with E-state index in [9.17, 15) is 0 Å². The van der Waals surface area contributed by atoms with E-state index in [1.54, 1.807) is 11.3 Å². The van der Waals surface area contributed by atoms with Gasteiger partial charge in [0.05, 0.1) is 11.4 Å². The van der Waals surface area contributed by atoms with Crippen LogP contribution in [0.5, 0.6) is 0 Å². The Morgan fingerprint density at radius 2 is 1.66 bits per heavy atom. The molecule has 0 fully saturated rings. The van der Waals surface area contributed by atoms with Crippen molar-refractivity contribution in [3.05, 3.63) is 112 Å². The number of hydrogen-bond donors (Lipinski definition) is 1. The maximum Gasteiger partial charge on any atom is 0.212 e. The van der Waals surface area contributed by atoms with Crippen molar-refractivity contribution >= 4 is 38.8 Å². The number of aromatic nitrogens is 4. The normalized spacial score (nSPS) is 11.5. The summed E-state index contributed by atoms with van der Waals surface area (Å²) in [4.78, 5) is 9.32. The summed E-state index contributed by atoms with van der Waals surface area (Å²) in [7, 11) is 0. The van der Waals surface area contributed by atoms with Crippen LogP contribution in [-0.4, -0.2) is 19.6 Å². The smallest absolute Gasteiger partial charge is 0.212 e. The van der Waals surface area contributed by atoms with Gasteiger partial charge in [-0.1, -0.05) is 83.6 Å². The van der Waals surface area contributed by atoms with Crippen LogP contribution in [0.3, 0.4) is 0 Å². The van der Waals surface area contributed by atoms with E-state index in [1.165, 1.54) is 16.5 Å². The van der Waals surface area contributed by atoms with Gasteiger partial charge in [-0.25, -0.2) is 9.50 Å². The Balaban J connectivity index is 1.45. The molecule has 32 heavy (non-hydrogen) atoms. The fraction of sp³-hybridized carbons (Fsp3) is 0.0769. The molecule has 0 aliphatic rings. The summed E-state index contributed by atoms with van der Waals surface area (Å²) in [5, 5.41) is 7.98. The van der Waals surface area contributed by atoms with E-state index >= 15 is 0 Å². The van der Waals surface area contributed by atoms with Crippen LogP contribution in [0.2, 0.25) is 5.02 Å². The highest BCUT2D eigenvalue weighted by Gasteiger charge is 2.19. The number of H-pyrrole nitrogens is 1. The first kappa shape index (κ1) is 19.3. The maximum atomic E-state index is 6.04. The molecule has 6 heteroatoms. The quantitative estimate of drug-likeness (QED) is 0.312. The number of nitrogens with zero attached hydrogens (tertiary/aromatic N) is 3. The zero-order chi connectivity index (χ0) is 21.5. The molecule has 0 unspecified atom stereocenters. The van der Waals surface area contributed by atoms with Gasteiger partial charge < -0.3 is 4.98 Å². The highest BCUT2D eigenvalue weighted by Crippen LogP contribution is 2.31. The van der Waals surface area contributed by atoms with Crippen LogP contribution in [0, 0.1) is 0 Å². The minimum absolute atomic E-state index is 0.746. The zero-order valence-corrected chi connectivity index (χ0v) is 18.7. The van der Waals surface area contributed by atoms with E-state index < -0.39 is 0 Å². The van der Waals surface area contributed by atoms with Crippen LogP contribution in [-0.2, 0) is 12.8 Å². The standard InChI is InChI=1S/C26H19ClN4S/c27-20-12-10-17(11-13-20)14-24-30-31-23(15-19-16-28-22-9-5-4-8-21(19)22)25(29-26(31)32-24)18-6-2-1-3-7-18/h1-13,16,28H,14-15H2. The summed E-state index contributed by atoms with van der Waals surface area (Å²) in [6.07, 6.45) is 3.61. The molecule has 4 nitrogen and oxygen atoms in total. The lowest BCUT2D eigenvalue weighted by molar-refractivity contribution is 0.867. The van der Waals surface area contributed by atoms with Crippen molar-refractivity contribution in [1.82, 2.24) is 19.6 Å². The zero-order valence-electron chi connectivity index (χ0n) is 17.1. The van der Waals surface area contributed by atoms with Gasteiger partial charge >= 0.3 is 0 Å². The van der Waals surface area contributed by atoms with Crippen LogP contribution >= 0.6 is 22.9 Å². The molecule has 6 aromatic rings. The molecular weight excluding hydrogens is 436 g/mol. The highest BCUT2D eigenvalue weighted by atomic mass is 35.5. The number of rotatable bonds is 5. The first-order valence-corrected chi connectivity index (χ1v) is 11.7. The van der Waals surface area contributed by atoms with Crippen molar-refractivity contribution in [3.63, 3.8) is 0 Å². The van der Waals surface area contributed by atoms with Crippen LogP contribution < -0.4 is 0 Å². The molecule has 0 bridgehead atoms. The molecule has 3 aromatic carbocycles. The molecule has 3 heterocycles. The Hall–Kier alpha value is -3.41. The van der Waals surface area contributed by atoms with E-state index in [0.29, 0.717) is 0 Å². The maximum absolute atomic E-state index is 6.04. The summed E-state index contributed by atoms with van der Waals surface area (Å²) in [5.74, 6) is 0. The fourth-order valence-electron chi connectivity index (χ4n) is 4.12. The monoisotopic (exact) mass is 454 g/mol. The predicted octanol–water partition coefficient (Wildman–Crippen LogP) is 6.77. The molecule has 3 aromatic heterocycles. The van der Waals surface area contributed by atoms with Crippen LogP contribution in [0.1, 0.15) is 21.8 Å². The molecule has 0 radical (unpaired) electrons. The first-order chi connectivity index (χ1) is 15.7. The van der Waals surface area contributed by atoms with Crippen LogP contribution in [0.15, 0.2) is 85.1 Å². The lowest BCUT2D eigenvalue weighted by atomic mass is 10.0. The van der Waals surface area contributed by atoms with Gasteiger partial charge in [-0.15, -0.1) is 0 Å². The van der Waals surface area contributed by atoms with Gasteiger partial charge in [-0.3, -0.25) is 0 Å². The summed E-state index contributed by atoms with van der Waals surface area (Å²) in [5.41, 5.74) is 6.78. The Morgan fingerprint density at radius 3 is 2.50 bits per heavy atom. The highest BCUT2D eigenvalue weighted by molar-refractivity contribution is 7.16. The number of para-hydroxylation sites is 1. The number of imidazole rings is 1. The third kappa shape index (κ3) is 3.49. The topological polar surface area (TPSA) is 46.0 Å². The molecule has 6 rings (SSSR count). The summed E-state index contributed by atoms with van der Waals surface area (Å²) < 4.78 is 2.03. The molecule has 0 amide bonds. The Morgan fingerprint density at radius 1 is 0.875 bits per heavy atom. The largest absolute Gasteiger partial charge is 0.361 e. The number of benzene rings is 3. The number of halogens is 1. The number of fused-ring (bicyclic) bond motifs is 2. The summed E-state index contributed by atoms with van der Waals surface area (Å²) in [6.45, 7) is 0. The number of nitrogens with one attached hydrogen (secondary N) is 1. The molecular formula is C26H19ClN4S. The minimum atomic E-state index is 0.746. The predicted molar refractivity (Wildman–Crippen MR) is 132 cm³/mol. The van der Waals surface area contributed by atoms with Crippen molar-refractivity contribution in [2.75, 3.05) is 0 Å². The van der Waals surface area contributed by atoms with Gasteiger partial charge in [0.15, 0.2) is 0 Å².